The Balaban J connectivity index is 1.83. The van der Waals surface area contributed by atoms with E-state index < -0.39 is 16.1 Å². The third kappa shape index (κ3) is 4.05. The third-order valence-corrected chi connectivity index (χ3v) is 6.79. The maximum atomic E-state index is 13.1. The zero-order chi connectivity index (χ0) is 19.6. The van der Waals surface area contributed by atoms with Crippen LogP contribution >= 0.6 is 0 Å². The molecule has 0 radical (unpaired) electrons. The summed E-state index contributed by atoms with van der Waals surface area (Å²) < 4.78 is 29.0. The van der Waals surface area contributed by atoms with E-state index in [1.807, 2.05) is 35.2 Å². The van der Waals surface area contributed by atoms with Gasteiger partial charge in [0.1, 0.15) is 10.9 Å². The summed E-state index contributed by atoms with van der Waals surface area (Å²) in [7, 11) is -0.437. The molecule has 1 unspecified atom stereocenters. The SMILES string of the molecule is CNC(=O)C1CN(S(=O)(=O)c2cn(C)nc2C)CCN1Cc1ccccc1. The second-order valence-electron chi connectivity index (χ2n) is 6.70. The molecule has 2 heterocycles. The van der Waals surface area contributed by atoms with Crippen LogP contribution in [0.3, 0.4) is 0 Å². The van der Waals surface area contributed by atoms with Gasteiger partial charge in [-0.3, -0.25) is 14.4 Å². The van der Waals surface area contributed by atoms with Crippen LogP contribution < -0.4 is 5.32 Å². The molecule has 2 aromatic rings. The van der Waals surface area contributed by atoms with E-state index in [2.05, 4.69) is 10.4 Å². The monoisotopic (exact) mass is 391 g/mol. The summed E-state index contributed by atoms with van der Waals surface area (Å²) in [6.45, 7) is 3.19. The van der Waals surface area contributed by atoms with Crippen LogP contribution in [0, 0.1) is 6.92 Å². The first-order valence-electron chi connectivity index (χ1n) is 8.83. The standard InChI is InChI=1S/C18H25N5O3S/c1-14-17(13-21(3)20-14)27(25,26)23-10-9-22(16(12-23)18(24)19-2)11-15-7-5-4-6-8-15/h4-8,13,16H,9-12H2,1-3H3,(H,19,24). The quantitative estimate of drug-likeness (QED) is 0.795. The Hall–Kier alpha value is -2.23. The molecule has 1 aromatic carbocycles. The molecular formula is C18H25N5O3S. The number of rotatable bonds is 5. The minimum Gasteiger partial charge on any atom is -0.358 e. The van der Waals surface area contributed by atoms with Crippen LogP contribution in [0.2, 0.25) is 0 Å². The fraction of sp³-hybridized carbons (Fsp3) is 0.444. The predicted molar refractivity (Wildman–Crippen MR) is 101 cm³/mol. The van der Waals surface area contributed by atoms with E-state index in [0.717, 1.165) is 5.56 Å². The van der Waals surface area contributed by atoms with E-state index in [-0.39, 0.29) is 17.3 Å². The molecule has 1 aliphatic rings. The second kappa shape index (κ2) is 7.79. The zero-order valence-corrected chi connectivity index (χ0v) is 16.6. The summed E-state index contributed by atoms with van der Waals surface area (Å²) in [5, 5.41) is 6.79. The molecule has 1 fully saturated rings. The Kier molecular flexibility index (Phi) is 5.64. The molecule has 146 valence electrons. The van der Waals surface area contributed by atoms with E-state index in [9.17, 15) is 13.2 Å². The highest BCUT2D eigenvalue weighted by molar-refractivity contribution is 7.89. The molecule has 0 spiro atoms. The highest BCUT2D eigenvalue weighted by Crippen LogP contribution is 2.23. The molecule has 0 bridgehead atoms. The first kappa shape index (κ1) is 19.5. The molecule has 1 amide bonds. The van der Waals surface area contributed by atoms with Gasteiger partial charge < -0.3 is 5.32 Å². The number of likely N-dealkylation sites (N-methyl/N-ethyl adjacent to an activating group) is 1. The third-order valence-electron chi connectivity index (χ3n) is 4.82. The smallest absolute Gasteiger partial charge is 0.246 e. The van der Waals surface area contributed by atoms with Crippen molar-refractivity contribution in [3.05, 3.63) is 47.8 Å². The number of benzene rings is 1. The van der Waals surface area contributed by atoms with Crippen molar-refractivity contribution in [3.63, 3.8) is 0 Å². The zero-order valence-electron chi connectivity index (χ0n) is 15.8. The number of hydrogen-bond donors (Lipinski definition) is 1. The van der Waals surface area contributed by atoms with Crippen molar-refractivity contribution in [3.8, 4) is 0 Å². The van der Waals surface area contributed by atoms with Gasteiger partial charge in [0.25, 0.3) is 0 Å². The van der Waals surface area contributed by atoms with Crippen molar-refractivity contribution in [2.45, 2.75) is 24.4 Å². The summed E-state index contributed by atoms with van der Waals surface area (Å²) in [5.41, 5.74) is 1.55. The van der Waals surface area contributed by atoms with Crippen LogP contribution in [0.25, 0.3) is 0 Å². The molecule has 1 aromatic heterocycles. The van der Waals surface area contributed by atoms with Gasteiger partial charge in [0, 0.05) is 46.5 Å². The van der Waals surface area contributed by atoms with Gasteiger partial charge in [0.2, 0.25) is 15.9 Å². The Bertz CT molecular complexity index is 910. The largest absolute Gasteiger partial charge is 0.358 e. The minimum atomic E-state index is -3.70. The average molecular weight is 391 g/mol. The lowest BCUT2D eigenvalue weighted by Gasteiger charge is -2.39. The maximum Gasteiger partial charge on any atom is 0.246 e. The molecule has 1 N–H and O–H groups in total. The van der Waals surface area contributed by atoms with Crippen molar-refractivity contribution in [1.82, 2.24) is 24.3 Å². The van der Waals surface area contributed by atoms with Crippen molar-refractivity contribution in [2.24, 2.45) is 7.05 Å². The molecule has 0 saturated carbocycles. The van der Waals surface area contributed by atoms with Crippen molar-refractivity contribution in [2.75, 3.05) is 26.7 Å². The molecule has 27 heavy (non-hydrogen) atoms. The highest BCUT2D eigenvalue weighted by Gasteiger charge is 2.38. The van der Waals surface area contributed by atoms with Crippen LogP contribution in [0.4, 0.5) is 0 Å². The molecule has 1 atom stereocenters. The first-order chi connectivity index (χ1) is 12.8. The van der Waals surface area contributed by atoms with Crippen LogP contribution in [0.15, 0.2) is 41.4 Å². The molecular weight excluding hydrogens is 366 g/mol. The average Bonchev–Trinajstić information content (AvgIpc) is 3.01. The fourth-order valence-corrected chi connectivity index (χ4v) is 5.04. The number of piperazine rings is 1. The summed E-state index contributed by atoms with van der Waals surface area (Å²) in [5.74, 6) is -0.186. The normalized spacial score (nSPS) is 19.1. The van der Waals surface area contributed by atoms with E-state index in [0.29, 0.717) is 25.3 Å². The van der Waals surface area contributed by atoms with Gasteiger partial charge in [-0.25, -0.2) is 8.42 Å². The number of carbonyl (C=O) groups excluding carboxylic acids is 1. The molecule has 9 heteroatoms. The van der Waals surface area contributed by atoms with E-state index in [1.54, 1.807) is 21.0 Å². The first-order valence-corrected chi connectivity index (χ1v) is 10.3. The van der Waals surface area contributed by atoms with Gasteiger partial charge in [0.05, 0.1) is 5.69 Å². The number of nitrogens with zero attached hydrogens (tertiary/aromatic N) is 4. The van der Waals surface area contributed by atoms with Gasteiger partial charge >= 0.3 is 0 Å². The van der Waals surface area contributed by atoms with Crippen molar-refractivity contribution < 1.29 is 13.2 Å². The Morgan fingerprint density at radius 3 is 2.56 bits per heavy atom. The van der Waals surface area contributed by atoms with Gasteiger partial charge in [-0.15, -0.1) is 0 Å². The fourth-order valence-electron chi connectivity index (χ4n) is 3.41. The number of aromatic nitrogens is 2. The maximum absolute atomic E-state index is 13.1. The number of carbonyl (C=O) groups is 1. The van der Waals surface area contributed by atoms with Crippen molar-refractivity contribution >= 4 is 15.9 Å². The topological polar surface area (TPSA) is 87.5 Å². The lowest BCUT2D eigenvalue weighted by atomic mass is 10.1. The molecule has 1 saturated heterocycles. The number of sulfonamides is 1. The number of nitrogens with one attached hydrogen (secondary N) is 1. The van der Waals surface area contributed by atoms with E-state index >= 15 is 0 Å². The molecule has 3 rings (SSSR count). The summed E-state index contributed by atoms with van der Waals surface area (Å²) in [6.07, 6.45) is 1.51. The Morgan fingerprint density at radius 1 is 1.26 bits per heavy atom. The van der Waals surface area contributed by atoms with E-state index in [1.165, 1.54) is 15.2 Å². The minimum absolute atomic E-state index is 0.114. The molecule has 8 nitrogen and oxygen atoms in total. The summed E-state index contributed by atoms with van der Waals surface area (Å²) >= 11 is 0. The van der Waals surface area contributed by atoms with E-state index in [4.69, 9.17) is 0 Å². The van der Waals surface area contributed by atoms with Gasteiger partial charge in [-0.1, -0.05) is 30.3 Å². The Morgan fingerprint density at radius 2 is 1.96 bits per heavy atom. The van der Waals surface area contributed by atoms with Gasteiger partial charge in [0.15, 0.2) is 0 Å². The van der Waals surface area contributed by atoms with Crippen LogP contribution in [-0.2, 0) is 28.4 Å². The molecule has 0 aliphatic carbocycles. The number of aryl methyl sites for hydroxylation is 2. The van der Waals surface area contributed by atoms with Gasteiger partial charge in [-0.05, 0) is 12.5 Å². The van der Waals surface area contributed by atoms with Gasteiger partial charge in [-0.2, -0.15) is 9.40 Å². The van der Waals surface area contributed by atoms with Crippen LogP contribution in [0.1, 0.15) is 11.3 Å². The summed E-state index contributed by atoms with van der Waals surface area (Å²) in [6, 6.07) is 9.31. The Labute approximate surface area is 159 Å². The van der Waals surface area contributed by atoms with Crippen LogP contribution in [-0.4, -0.2) is 66.0 Å². The lowest BCUT2D eigenvalue weighted by Crippen LogP contribution is -2.59. The molecule has 1 aliphatic heterocycles. The number of hydrogen-bond acceptors (Lipinski definition) is 5. The number of amides is 1. The summed E-state index contributed by atoms with van der Waals surface area (Å²) in [4.78, 5) is 14.7. The lowest BCUT2D eigenvalue weighted by molar-refractivity contribution is -0.127. The van der Waals surface area contributed by atoms with Crippen molar-refractivity contribution in [1.29, 1.82) is 0 Å². The second-order valence-corrected chi connectivity index (χ2v) is 8.61. The van der Waals surface area contributed by atoms with Crippen LogP contribution in [0.5, 0.6) is 0 Å². The predicted octanol–water partition coefficient (Wildman–Crippen LogP) is 0.350. The highest BCUT2D eigenvalue weighted by atomic mass is 32.2.